The number of amides is 3. The number of hydrogen-bond acceptors (Lipinski definition) is 7. The number of nitrogens with one attached hydrogen (secondary N) is 2. The number of nitrogens with zero attached hydrogens (tertiary/aromatic N) is 5. The first-order valence-electron chi connectivity index (χ1n) is 12.7. The molecule has 1 aliphatic carbocycles. The van der Waals surface area contributed by atoms with Gasteiger partial charge in [0.05, 0.1) is 25.7 Å². The van der Waals surface area contributed by atoms with E-state index >= 15 is 0 Å². The van der Waals surface area contributed by atoms with Crippen LogP contribution in [0.2, 0.25) is 0 Å². The maximum absolute atomic E-state index is 13.2. The second kappa shape index (κ2) is 8.55. The molecule has 1 saturated heterocycles. The number of imidazole rings is 1. The van der Waals surface area contributed by atoms with Crippen LogP contribution < -0.4 is 15.4 Å². The number of urea groups is 1. The van der Waals surface area contributed by atoms with Crippen LogP contribution in [0.15, 0.2) is 61.3 Å². The Morgan fingerprint density at radius 2 is 1.90 bits per heavy atom. The molecule has 2 aromatic carbocycles. The Hall–Kier alpha value is -4.93. The van der Waals surface area contributed by atoms with Gasteiger partial charge in [-0.25, -0.2) is 19.7 Å². The van der Waals surface area contributed by atoms with Crippen LogP contribution in [0.3, 0.4) is 0 Å². The molecule has 39 heavy (non-hydrogen) atoms. The van der Waals surface area contributed by atoms with Gasteiger partial charge in [0.15, 0.2) is 17.1 Å². The third-order valence-corrected chi connectivity index (χ3v) is 7.63. The minimum atomic E-state index is -1.43. The molecule has 3 aromatic heterocycles. The molecule has 1 saturated carbocycles. The van der Waals surface area contributed by atoms with Crippen LogP contribution in [0.1, 0.15) is 18.4 Å². The van der Waals surface area contributed by atoms with E-state index in [-0.39, 0.29) is 12.4 Å². The number of fused-ring (bicyclic) bond motifs is 2. The lowest BCUT2D eigenvalue weighted by Crippen LogP contribution is -2.47. The number of rotatable bonds is 7. The zero-order valence-corrected chi connectivity index (χ0v) is 21.1. The second-order valence-electron chi connectivity index (χ2n) is 10.2. The molecular formula is C28H25N7O4. The Morgan fingerprint density at radius 1 is 1.08 bits per heavy atom. The monoisotopic (exact) mass is 523 g/mol. The molecule has 0 radical (unpaired) electrons. The molecule has 5 aromatic rings. The van der Waals surface area contributed by atoms with Crippen molar-refractivity contribution in [2.24, 2.45) is 5.92 Å². The number of ether oxygens (including phenoxy) is 1. The SMILES string of the molecule is COc1ccc2cn(C[C@@]3(c4ccc(-c5ncnc6ncn(CC7CC7)c56)cc4)NC(=O)NC3=O)c(O)c2c1. The van der Waals surface area contributed by atoms with E-state index in [9.17, 15) is 14.7 Å². The Balaban J connectivity index is 1.28. The molecule has 1 aliphatic heterocycles. The summed E-state index contributed by atoms with van der Waals surface area (Å²) in [6.07, 6.45) is 7.49. The Kier molecular flexibility index (Phi) is 5.09. The molecule has 1 atom stereocenters. The lowest BCUT2D eigenvalue weighted by atomic mass is 9.88. The molecular weight excluding hydrogens is 498 g/mol. The van der Waals surface area contributed by atoms with E-state index in [2.05, 4.69) is 30.2 Å². The highest BCUT2D eigenvalue weighted by atomic mass is 16.5. The fraction of sp³-hybridized carbons (Fsp3) is 0.250. The third-order valence-electron chi connectivity index (χ3n) is 7.63. The summed E-state index contributed by atoms with van der Waals surface area (Å²) in [7, 11) is 1.56. The number of aromatic nitrogens is 5. The summed E-state index contributed by atoms with van der Waals surface area (Å²) >= 11 is 0. The van der Waals surface area contributed by atoms with Crippen molar-refractivity contribution >= 4 is 33.9 Å². The van der Waals surface area contributed by atoms with Gasteiger partial charge in [-0.2, -0.15) is 0 Å². The third kappa shape index (κ3) is 3.77. The number of carbonyl (C=O) groups excluding carboxylic acids is 2. The zero-order valence-electron chi connectivity index (χ0n) is 21.1. The number of aromatic hydroxyl groups is 1. The molecule has 3 N–H and O–H groups in total. The summed E-state index contributed by atoms with van der Waals surface area (Å²) in [5, 5.41) is 17.5. The second-order valence-corrected chi connectivity index (χ2v) is 10.2. The standard InChI is InChI=1S/C28H25N7O4/c1-39-20-9-6-18-12-34(25(36)21(18)10-20)13-28(26(37)32-27(38)33-28)19-7-4-17(5-8-19)22-23-24(30-14-29-22)31-15-35(23)11-16-2-3-16/h4-10,12,14-16,36H,2-3,11,13H2,1H3,(H2,32,33,37,38)/t28-/m0/s1. The minimum absolute atomic E-state index is 0.0152. The van der Waals surface area contributed by atoms with E-state index in [4.69, 9.17) is 4.74 Å². The first-order chi connectivity index (χ1) is 18.9. The average molecular weight is 524 g/mol. The van der Waals surface area contributed by atoms with Crippen LogP contribution in [0.25, 0.3) is 33.2 Å². The summed E-state index contributed by atoms with van der Waals surface area (Å²) in [6, 6.07) is 12.1. The minimum Gasteiger partial charge on any atom is -0.497 e. The maximum atomic E-state index is 13.2. The Bertz CT molecular complexity index is 1770. The number of methoxy groups -OCH3 is 1. The van der Waals surface area contributed by atoms with Crippen molar-refractivity contribution in [3.8, 4) is 22.9 Å². The van der Waals surface area contributed by atoms with E-state index in [1.54, 1.807) is 42.1 Å². The molecule has 4 heterocycles. The lowest BCUT2D eigenvalue weighted by Gasteiger charge is -2.27. The quantitative estimate of drug-likeness (QED) is 0.279. The Morgan fingerprint density at radius 3 is 2.62 bits per heavy atom. The fourth-order valence-electron chi connectivity index (χ4n) is 5.38. The topological polar surface area (TPSA) is 136 Å². The number of imide groups is 1. The summed E-state index contributed by atoms with van der Waals surface area (Å²) in [5.41, 5.74) is 2.24. The summed E-state index contributed by atoms with van der Waals surface area (Å²) in [5.74, 6) is 0.734. The highest BCUT2D eigenvalue weighted by Gasteiger charge is 2.48. The van der Waals surface area contributed by atoms with Crippen molar-refractivity contribution in [2.45, 2.75) is 31.5 Å². The van der Waals surface area contributed by atoms with Crippen molar-refractivity contribution in [1.29, 1.82) is 0 Å². The van der Waals surface area contributed by atoms with Gasteiger partial charge in [0.1, 0.15) is 17.6 Å². The van der Waals surface area contributed by atoms with E-state index in [1.165, 1.54) is 19.2 Å². The molecule has 7 rings (SSSR count). The summed E-state index contributed by atoms with van der Waals surface area (Å²) in [6.45, 7) is 0.865. The summed E-state index contributed by atoms with van der Waals surface area (Å²) in [4.78, 5) is 38.9. The van der Waals surface area contributed by atoms with Crippen LogP contribution in [0, 0.1) is 5.92 Å². The van der Waals surface area contributed by atoms with Crippen molar-refractivity contribution < 1.29 is 19.4 Å². The van der Waals surface area contributed by atoms with Gasteiger partial charge >= 0.3 is 6.03 Å². The van der Waals surface area contributed by atoms with E-state index in [1.807, 2.05) is 24.5 Å². The van der Waals surface area contributed by atoms with Gasteiger partial charge in [0, 0.05) is 29.1 Å². The first kappa shape index (κ1) is 23.2. The molecule has 3 amide bonds. The molecule has 196 valence electrons. The van der Waals surface area contributed by atoms with Gasteiger partial charge < -0.3 is 24.3 Å². The van der Waals surface area contributed by atoms with Crippen LogP contribution in [0.5, 0.6) is 11.6 Å². The molecule has 2 aliphatic rings. The molecule has 2 fully saturated rings. The van der Waals surface area contributed by atoms with Gasteiger partial charge in [-0.15, -0.1) is 0 Å². The van der Waals surface area contributed by atoms with Gasteiger partial charge in [0.2, 0.25) is 0 Å². The number of benzene rings is 2. The highest BCUT2D eigenvalue weighted by molar-refractivity contribution is 6.07. The first-order valence-corrected chi connectivity index (χ1v) is 12.7. The van der Waals surface area contributed by atoms with Gasteiger partial charge in [0.25, 0.3) is 5.91 Å². The molecule has 0 spiro atoms. The van der Waals surface area contributed by atoms with Gasteiger partial charge in [-0.1, -0.05) is 24.3 Å². The van der Waals surface area contributed by atoms with Crippen LogP contribution in [-0.4, -0.2) is 48.2 Å². The Labute approximate surface area is 222 Å². The van der Waals surface area contributed by atoms with Crippen molar-refractivity contribution in [1.82, 2.24) is 34.7 Å². The smallest absolute Gasteiger partial charge is 0.322 e. The molecule has 11 nitrogen and oxygen atoms in total. The van der Waals surface area contributed by atoms with E-state index in [0.717, 1.165) is 28.7 Å². The van der Waals surface area contributed by atoms with Crippen molar-refractivity contribution in [3.05, 3.63) is 66.9 Å². The average Bonchev–Trinajstić information content (AvgIpc) is 3.50. The van der Waals surface area contributed by atoms with Crippen LogP contribution >= 0.6 is 0 Å². The number of carbonyl (C=O) groups is 2. The van der Waals surface area contributed by atoms with Gasteiger partial charge in [-0.3, -0.25) is 10.1 Å². The summed E-state index contributed by atoms with van der Waals surface area (Å²) < 4.78 is 8.95. The predicted molar refractivity (Wildman–Crippen MR) is 142 cm³/mol. The zero-order chi connectivity index (χ0) is 26.7. The maximum Gasteiger partial charge on any atom is 0.322 e. The fourth-order valence-corrected chi connectivity index (χ4v) is 5.38. The largest absolute Gasteiger partial charge is 0.497 e. The lowest BCUT2D eigenvalue weighted by molar-refractivity contribution is -0.124. The molecule has 0 unspecified atom stereocenters. The predicted octanol–water partition coefficient (Wildman–Crippen LogP) is 3.31. The van der Waals surface area contributed by atoms with Crippen molar-refractivity contribution in [2.75, 3.05) is 7.11 Å². The van der Waals surface area contributed by atoms with E-state index < -0.39 is 17.5 Å². The van der Waals surface area contributed by atoms with E-state index in [0.29, 0.717) is 28.3 Å². The highest BCUT2D eigenvalue weighted by Crippen LogP contribution is 2.36. The van der Waals surface area contributed by atoms with Crippen LogP contribution in [-0.2, 0) is 23.4 Å². The molecule has 0 bridgehead atoms. The van der Waals surface area contributed by atoms with Crippen LogP contribution in [0.4, 0.5) is 4.79 Å². The molecule has 11 heteroatoms. The number of hydrogen-bond donors (Lipinski definition) is 3. The van der Waals surface area contributed by atoms with Crippen molar-refractivity contribution in [3.63, 3.8) is 0 Å². The normalized spacial score (nSPS) is 19.0. The van der Waals surface area contributed by atoms with Gasteiger partial charge in [-0.05, 0) is 42.5 Å².